The molecule has 0 radical (unpaired) electrons. The second kappa shape index (κ2) is 10.5. The highest BCUT2D eigenvalue weighted by Crippen LogP contribution is 2.48. The minimum atomic E-state index is -1.09. The van der Waals surface area contributed by atoms with E-state index in [0.717, 1.165) is 16.9 Å². The maximum atomic E-state index is 13.8. The molecule has 0 bridgehead atoms. The number of carboxylic acid groups (broad SMARTS) is 1. The summed E-state index contributed by atoms with van der Waals surface area (Å²) < 4.78 is 11.7. The van der Waals surface area contributed by atoms with E-state index >= 15 is 0 Å². The molecule has 38 heavy (non-hydrogen) atoms. The Hall–Kier alpha value is -4.37. The Kier molecular flexibility index (Phi) is 7.02. The number of hydroxylamine groups is 1. The molecule has 2 heterocycles. The van der Waals surface area contributed by atoms with Crippen molar-refractivity contribution in [2.24, 2.45) is 5.92 Å². The van der Waals surface area contributed by atoms with Gasteiger partial charge in [-0.2, -0.15) is 0 Å². The minimum Gasteiger partial charge on any atom is -0.490 e. The molecule has 0 spiro atoms. The molecule has 1 N–H and O–H groups in total. The third-order valence-electron chi connectivity index (χ3n) is 6.57. The second-order valence-electron chi connectivity index (χ2n) is 9.01. The average molecular weight is 517 g/mol. The summed E-state index contributed by atoms with van der Waals surface area (Å²) in [5, 5.41) is 10.8. The van der Waals surface area contributed by atoms with Crippen LogP contribution in [0, 0.1) is 5.92 Å². The fourth-order valence-electron chi connectivity index (χ4n) is 4.87. The summed E-state index contributed by atoms with van der Waals surface area (Å²) >= 11 is 0. The predicted octanol–water partition coefficient (Wildman–Crippen LogP) is 4.62. The predicted molar refractivity (Wildman–Crippen MR) is 139 cm³/mol. The first-order valence-corrected chi connectivity index (χ1v) is 12.6. The van der Waals surface area contributed by atoms with E-state index in [4.69, 9.17) is 14.3 Å². The SMILES string of the molecule is CCCOc1ccc([C@H]2[C@@H]3C(=O)N(c4ccc(C(=O)O)cc4)C(=O)[C@H]3ON2c2ccccc2)cc1OCC. The molecule has 9 nitrogen and oxygen atoms in total. The number of carboxylic acids is 1. The topological polar surface area (TPSA) is 106 Å². The van der Waals surface area contributed by atoms with Gasteiger partial charge in [-0.05, 0) is 67.4 Å². The van der Waals surface area contributed by atoms with Crippen molar-refractivity contribution in [3.8, 4) is 11.5 Å². The molecule has 2 fully saturated rings. The van der Waals surface area contributed by atoms with Crippen LogP contribution < -0.4 is 19.4 Å². The largest absolute Gasteiger partial charge is 0.490 e. The van der Waals surface area contributed by atoms with Gasteiger partial charge < -0.3 is 14.6 Å². The van der Waals surface area contributed by atoms with Crippen LogP contribution in [0.2, 0.25) is 0 Å². The van der Waals surface area contributed by atoms with Gasteiger partial charge in [0.25, 0.3) is 5.91 Å². The van der Waals surface area contributed by atoms with Crippen LogP contribution >= 0.6 is 0 Å². The van der Waals surface area contributed by atoms with Crippen LogP contribution in [0.25, 0.3) is 0 Å². The Balaban J connectivity index is 1.55. The van der Waals surface area contributed by atoms with Crippen LogP contribution in [0.3, 0.4) is 0 Å². The van der Waals surface area contributed by atoms with Crippen LogP contribution in [-0.4, -0.2) is 42.2 Å². The number of para-hydroxylation sites is 1. The molecule has 2 amide bonds. The van der Waals surface area contributed by atoms with E-state index < -0.39 is 35.8 Å². The van der Waals surface area contributed by atoms with Crippen molar-refractivity contribution in [2.75, 3.05) is 23.2 Å². The van der Waals surface area contributed by atoms with Gasteiger partial charge in [-0.1, -0.05) is 31.2 Å². The molecule has 0 unspecified atom stereocenters. The molecular formula is C29H28N2O7. The molecule has 196 valence electrons. The number of benzene rings is 3. The van der Waals surface area contributed by atoms with E-state index in [1.165, 1.54) is 24.3 Å². The summed E-state index contributed by atoms with van der Waals surface area (Å²) in [5.74, 6) is -1.69. The quantitative estimate of drug-likeness (QED) is 0.411. The molecule has 2 aliphatic rings. The lowest BCUT2D eigenvalue weighted by Crippen LogP contribution is -2.37. The number of carbonyl (C=O) groups is 3. The second-order valence-corrected chi connectivity index (χ2v) is 9.01. The first-order valence-electron chi connectivity index (χ1n) is 12.6. The first kappa shape index (κ1) is 25.3. The van der Waals surface area contributed by atoms with Gasteiger partial charge in [0, 0.05) is 0 Å². The molecule has 2 saturated heterocycles. The van der Waals surface area contributed by atoms with Crippen molar-refractivity contribution in [3.63, 3.8) is 0 Å². The van der Waals surface area contributed by atoms with Crippen molar-refractivity contribution >= 4 is 29.2 Å². The van der Waals surface area contributed by atoms with Crippen LogP contribution in [-0.2, 0) is 14.4 Å². The number of rotatable bonds is 9. The molecule has 2 aliphatic heterocycles. The number of amides is 2. The summed E-state index contributed by atoms with van der Waals surface area (Å²) in [6.07, 6.45) is -0.201. The van der Waals surface area contributed by atoms with Crippen LogP contribution in [0.4, 0.5) is 11.4 Å². The Morgan fingerprint density at radius 1 is 0.895 bits per heavy atom. The van der Waals surface area contributed by atoms with Gasteiger partial charge in [-0.3, -0.25) is 14.4 Å². The summed E-state index contributed by atoms with van der Waals surface area (Å²) in [5.41, 5.74) is 1.80. The van der Waals surface area contributed by atoms with Crippen molar-refractivity contribution in [1.29, 1.82) is 0 Å². The van der Waals surface area contributed by atoms with Gasteiger partial charge in [0.15, 0.2) is 17.6 Å². The van der Waals surface area contributed by atoms with E-state index in [2.05, 4.69) is 0 Å². The zero-order valence-corrected chi connectivity index (χ0v) is 21.1. The van der Waals surface area contributed by atoms with E-state index in [1.807, 2.05) is 62.4 Å². The highest BCUT2D eigenvalue weighted by Gasteiger charge is 2.60. The number of nitrogens with zero attached hydrogens (tertiary/aromatic N) is 2. The zero-order valence-electron chi connectivity index (χ0n) is 21.1. The van der Waals surface area contributed by atoms with Crippen molar-refractivity contribution in [1.82, 2.24) is 0 Å². The van der Waals surface area contributed by atoms with Crippen molar-refractivity contribution < 1.29 is 33.8 Å². The number of hydrogen-bond donors (Lipinski definition) is 1. The highest BCUT2D eigenvalue weighted by atomic mass is 16.7. The number of ether oxygens (including phenoxy) is 2. The van der Waals surface area contributed by atoms with E-state index in [1.54, 1.807) is 5.06 Å². The summed E-state index contributed by atoms with van der Waals surface area (Å²) in [4.78, 5) is 45.9. The highest BCUT2D eigenvalue weighted by molar-refractivity contribution is 6.24. The maximum Gasteiger partial charge on any atom is 0.335 e. The smallest absolute Gasteiger partial charge is 0.335 e. The third kappa shape index (κ3) is 4.45. The van der Waals surface area contributed by atoms with Crippen LogP contribution in [0.15, 0.2) is 72.8 Å². The minimum absolute atomic E-state index is 0.0613. The normalized spacial score (nSPS) is 20.5. The molecule has 0 aromatic heterocycles. The van der Waals surface area contributed by atoms with Gasteiger partial charge in [0.2, 0.25) is 5.91 Å². The maximum absolute atomic E-state index is 13.8. The Bertz CT molecular complexity index is 1340. The lowest BCUT2D eigenvalue weighted by atomic mass is 9.90. The van der Waals surface area contributed by atoms with Gasteiger partial charge in [-0.25, -0.2) is 14.8 Å². The van der Waals surface area contributed by atoms with E-state index in [9.17, 15) is 19.5 Å². The van der Waals surface area contributed by atoms with E-state index in [-0.39, 0.29) is 5.56 Å². The van der Waals surface area contributed by atoms with Gasteiger partial charge in [0.05, 0.1) is 36.2 Å². The average Bonchev–Trinajstić information content (AvgIpc) is 3.44. The molecule has 3 atom stereocenters. The number of imide groups is 1. The molecule has 3 aromatic carbocycles. The number of anilines is 2. The molecule has 5 rings (SSSR count). The lowest BCUT2D eigenvalue weighted by molar-refractivity contribution is -0.126. The molecule has 0 aliphatic carbocycles. The molecule has 0 saturated carbocycles. The summed E-state index contributed by atoms with van der Waals surface area (Å²) in [6.45, 7) is 4.87. The molecular weight excluding hydrogens is 488 g/mol. The summed E-state index contributed by atoms with van der Waals surface area (Å²) in [7, 11) is 0. The van der Waals surface area contributed by atoms with Gasteiger partial charge in [0.1, 0.15) is 5.92 Å². The third-order valence-corrected chi connectivity index (χ3v) is 6.57. The fourth-order valence-corrected chi connectivity index (χ4v) is 4.87. The number of fused-ring (bicyclic) bond motifs is 1. The molecule has 9 heteroatoms. The zero-order chi connectivity index (χ0) is 26.8. The van der Waals surface area contributed by atoms with Gasteiger partial charge >= 0.3 is 5.97 Å². The van der Waals surface area contributed by atoms with Gasteiger partial charge in [-0.15, -0.1) is 0 Å². The number of hydrogen-bond acceptors (Lipinski definition) is 7. The Labute approximate surface area is 220 Å². The number of aromatic carboxylic acids is 1. The molecule has 3 aromatic rings. The lowest BCUT2D eigenvalue weighted by Gasteiger charge is -2.29. The number of carbonyl (C=O) groups excluding carboxylic acids is 2. The monoisotopic (exact) mass is 516 g/mol. The van der Waals surface area contributed by atoms with Crippen molar-refractivity contribution in [2.45, 2.75) is 32.4 Å². The fraction of sp³-hybridized carbons (Fsp3) is 0.276. The standard InChI is InChI=1S/C29H28N2O7/c1-3-16-37-22-15-12-19(17-23(22)36-4-2)25-24-26(38-31(25)21-8-6-5-7-9-21)28(33)30(27(24)32)20-13-10-18(11-14-20)29(34)35/h5-15,17,24-26H,3-4,16H2,1-2H3,(H,34,35)/t24-,25-,26-/m0/s1. The Morgan fingerprint density at radius 2 is 1.63 bits per heavy atom. The summed E-state index contributed by atoms with van der Waals surface area (Å²) in [6, 6.07) is 19.8. The van der Waals surface area contributed by atoms with Crippen LogP contribution in [0.5, 0.6) is 11.5 Å². The van der Waals surface area contributed by atoms with Crippen LogP contribution in [0.1, 0.15) is 42.2 Å². The first-order chi connectivity index (χ1) is 18.4. The van der Waals surface area contributed by atoms with E-state index in [0.29, 0.717) is 36.1 Å². The van der Waals surface area contributed by atoms with Crippen molar-refractivity contribution in [3.05, 3.63) is 83.9 Å². The Morgan fingerprint density at radius 3 is 2.29 bits per heavy atom.